The summed E-state index contributed by atoms with van der Waals surface area (Å²) in [5.74, 6) is -0.793. The molecule has 0 fully saturated rings. The molecule has 1 atom stereocenters. The molecule has 0 saturated carbocycles. The van der Waals surface area contributed by atoms with E-state index in [0.29, 0.717) is 0 Å². The molecular formula is C12H19ClFN3O3S. The van der Waals surface area contributed by atoms with Crippen LogP contribution < -0.4 is 10.5 Å². The molecule has 21 heavy (non-hydrogen) atoms. The first-order valence-electron chi connectivity index (χ1n) is 6.06. The monoisotopic (exact) mass is 339 g/mol. The number of benzene rings is 1. The second-order valence-corrected chi connectivity index (χ2v) is 7.51. The van der Waals surface area contributed by atoms with Gasteiger partial charge in [0, 0.05) is 13.1 Å². The highest BCUT2D eigenvalue weighted by Gasteiger charge is 2.26. The molecule has 1 unspecified atom stereocenters. The molecular weight excluding hydrogens is 321 g/mol. The van der Waals surface area contributed by atoms with Crippen molar-refractivity contribution in [3.8, 4) is 0 Å². The largest absolute Gasteiger partial charge is 0.396 e. The third kappa shape index (κ3) is 5.08. The Morgan fingerprint density at radius 2 is 2.05 bits per heavy atom. The Hall–Kier alpha value is -0.930. The van der Waals surface area contributed by atoms with E-state index in [9.17, 15) is 17.9 Å². The van der Waals surface area contributed by atoms with Gasteiger partial charge < -0.3 is 15.7 Å². The van der Waals surface area contributed by atoms with E-state index in [4.69, 9.17) is 17.3 Å². The molecule has 0 amide bonds. The molecule has 1 aromatic rings. The van der Waals surface area contributed by atoms with Gasteiger partial charge in [0.2, 0.25) is 10.0 Å². The Balaban J connectivity index is 2.95. The van der Waals surface area contributed by atoms with E-state index >= 15 is 0 Å². The first-order chi connectivity index (χ1) is 9.44. The molecule has 0 saturated heterocycles. The van der Waals surface area contributed by atoms with Crippen LogP contribution in [-0.2, 0) is 10.0 Å². The topological polar surface area (TPSA) is 95.7 Å². The van der Waals surface area contributed by atoms with Gasteiger partial charge in [-0.05, 0) is 33.2 Å². The number of nitrogens with zero attached hydrogens (tertiary/aromatic N) is 1. The lowest BCUT2D eigenvalue weighted by Crippen LogP contribution is -2.47. The summed E-state index contributed by atoms with van der Waals surface area (Å²) in [7, 11) is -0.505. The maximum atomic E-state index is 13.2. The molecule has 0 aliphatic heterocycles. The van der Waals surface area contributed by atoms with Crippen molar-refractivity contribution in [2.24, 2.45) is 0 Å². The summed E-state index contributed by atoms with van der Waals surface area (Å²) in [5, 5.41) is 9.80. The van der Waals surface area contributed by atoms with Crippen LogP contribution in [0.15, 0.2) is 17.0 Å². The highest BCUT2D eigenvalue weighted by atomic mass is 35.5. The van der Waals surface area contributed by atoms with E-state index in [1.54, 1.807) is 19.0 Å². The molecule has 0 radical (unpaired) electrons. The zero-order chi connectivity index (χ0) is 16.4. The van der Waals surface area contributed by atoms with Crippen LogP contribution in [0.5, 0.6) is 0 Å². The maximum absolute atomic E-state index is 13.2. The number of anilines is 1. The molecule has 6 nitrogen and oxygen atoms in total. The zero-order valence-corrected chi connectivity index (χ0v) is 13.6. The van der Waals surface area contributed by atoms with E-state index in [1.807, 2.05) is 0 Å². The molecule has 0 heterocycles. The van der Waals surface area contributed by atoms with E-state index in [1.165, 1.54) is 6.92 Å². The number of hydrogen-bond acceptors (Lipinski definition) is 5. The maximum Gasteiger partial charge on any atom is 0.242 e. The molecule has 0 aromatic heterocycles. The number of sulfonamides is 1. The minimum Gasteiger partial charge on any atom is -0.396 e. The number of hydrogen-bond donors (Lipinski definition) is 3. The van der Waals surface area contributed by atoms with Crippen molar-refractivity contribution in [3.05, 3.63) is 23.0 Å². The SMILES string of the molecule is CN(C)CC(C)(O)CNS(=O)(=O)c1cc(N)c(F)cc1Cl. The fraction of sp³-hybridized carbons (Fsp3) is 0.500. The second kappa shape index (κ2) is 6.45. The van der Waals surface area contributed by atoms with Crippen LogP contribution in [0, 0.1) is 5.82 Å². The van der Waals surface area contributed by atoms with Crippen molar-refractivity contribution in [2.45, 2.75) is 17.4 Å². The summed E-state index contributed by atoms with van der Waals surface area (Å²) in [6.45, 7) is 1.53. The normalized spacial score (nSPS) is 15.2. The second-order valence-electron chi connectivity index (χ2n) is 5.36. The van der Waals surface area contributed by atoms with Crippen molar-refractivity contribution in [1.82, 2.24) is 9.62 Å². The van der Waals surface area contributed by atoms with E-state index < -0.39 is 21.4 Å². The summed E-state index contributed by atoms with van der Waals surface area (Å²) in [6, 6.07) is 1.78. The predicted molar refractivity (Wildman–Crippen MR) is 80.2 cm³/mol. The Morgan fingerprint density at radius 3 is 2.57 bits per heavy atom. The standard InChI is InChI=1S/C12H19ClFN3O3S/c1-12(18,7-17(2)3)6-16-21(19,20)11-5-10(15)9(14)4-8(11)13/h4-5,16,18H,6-7,15H2,1-3H3. The number of nitrogens with two attached hydrogens (primary N) is 1. The van der Waals surface area contributed by atoms with Crippen molar-refractivity contribution in [2.75, 3.05) is 32.9 Å². The van der Waals surface area contributed by atoms with Crippen LogP contribution in [0.3, 0.4) is 0 Å². The molecule has 9 heteroatoms. The Labute approximate surface area is 128 Å². The van der Waals surface area contributed by atoms with Gasteiger partial charge in [-0.25, -0.2) is 17.5 Å². The van der Waals surface area contributed by atoms with Gasteiger partial charge in [-0.2, -0.15) is 0 Å². The fourth-order valence-electron chi connectivity index (χ4n) is 1.82. The van der Waals surface area contributed by atoms with Gasteiger partial charge in [0.1, 0.15) is 10.7 Å². The summed E-state index contributed by atoms with van der Waals surface area (Å²) in [5.41, 5.74) is 3.76. The Kier molecular flexibility index (Phi) is 5.57. The lowest BCUT2D eigenvalue weighted by molar-refractivity contribution is 0.0386. The van der Waals surface area contributed by atoms with E-state index in [0.717, 1.165) is 12.1 Å². The highest BCUT2D eigenvalue weighted by molar-refractivity contribution is 7.89. The van der Waals surface area contributed by atoms with Crippen LogP contribution in [-0.4, -0.2) is 51.2 Å². The third-order valence-corrected chi connectivity index (χ3v) is 4.51. The fourth-order valence-corrected chi connectivity index (χ4v) is 3.53. The molecule has 0 aliphatic rings. The molecule has 120 valence electrons. The molecule has 0 spiro atoms. The summed E-state index contributed by atoms with van der Waals surface area (Å²) in [4.78, 5) is 1.39. The first-order valence-corrected chi connectivity index (χ1v) is 7.92. The summed E-state index contributed by atoms with van der Waals surface area (Å²) >= 11 is 5.73. The van der Waals surface area contributed by atoms with Crippen LogP contribution in [0.2, 0.25) is 5.02 Å². The first kappa shape index (κ1) is 18.1. The Bertz CT molecular complexity index is 620. The molecule has 1 rings (SSSR count). The number of aliphatic hydroxyl groups is 1. The van der Waals surface area contributed by atoms with Gasteiger partial charge in [-0.1, -0.05) is 11.6 Å². The smallest absolute Gasteiger partial charge is 0.242 e. The minimum atomic E-state index is -4.01. The number of nitrogen functional groups attached to an aromatic ring is 1. The van der Waals surface area contributed by atoms with Crippen molar-refractivity contribution >= 4 is 27.3 Å². The average molecular weight is 340 g/mol. The van der Waals surface area contributed by atoms with E-state index in [-0.39, 0.29) is 28.7 Å². The van der Waals surface area contributed by atoms with Crippen LogP contribution in [0.25, 0.3) is 0 Å². The quantitative estimate of drug-likeness (QED) is 0.661. The molecule has 1 aromatic carbocycles. The number of nitrogens with one attached hydrogen (secondary N) is 1. The van der Waals surface area contributed by atoms with Gasteiger partial charge in [-0.15, -0.1) is 0 Å². The van der Waals surface area contributed by atoms with Gasteiger partial charge in [0.15, 0.2) is 0 Å². The minimum absolute atomic E-state index is 0.221. The van der Waals surface area contributed by atoms with Crippen molar-refractivity contribution in [3.63, 3.8) is 0 Å². The van der Waals surface area contributed by atoms with Crippen LogP contribution >= 0.6 is 11.6 Å². The summed E-state index contributed by atoms with van der Waals surface area (Å²) < 4.78 is 39.7. The number of rotatable bonds is 6. The van der Waals surface area contributed by atoms with Gasteiger partial charge in [0.25, 0.3) is 0 Å². The zero-order valence-electron chi connectivity index (χ0n) is 12.0. The van der Waals surface area contributed by atoms with Gasteiger partial charge in [-0.3, -0.25) is 0 Å². The lowest BCUT2D eigenvalue weighted by Gasteiger charge is -2.27. The van der Waals surface area contributed by atoms with Gasteiger partial charge >= 0.3 is 0 Å². The lowest BCUT2D eigenvalue weighted by atomic mass is 10.1. The number of likely N-dealkylation sites (N-methyl/N-ethyl adjacent to an activating group) is 1. The highest BCUT2D eigenvalue weighted by Crippen LogP contribution is 2.26. The van der Waals surface area contributed by atoms with E-state index in [2.05, 4.69) is 4.72 Å². The average Bonchev–Trinajstić information content (AvgIpc) is 2.30. The number of halogens is 2. The van der Waals surface area contributed by atoms with Crippen molar-refractivity contribution in [1.29, 1.82) is 0 Å². The van der Waals surface area contributed by atoms with Gasteiger partial charge in [0.05, 0.1) is 16.3 Å². The Morgan fingerprint density at radius 1 is 1.48 bits per heavy atom. The molecule has 0 aliphatic carbocycles. The molecule has 0 bridgehead atoms. The van der Waals surface area contributed by atoms with Crippen molar-refractivity contribution < 1.29 is 17.9 Å². The summed E-state index contributed by atoms with van der Waals surface area (Å²) in [6.07, 6.45) is 0. The molecule has 4 N–H and O–H groups in total. The predicted octanol–water partition coefficient (Wildman–Crippen LogP) is 0.652. The third-order valence-electron chi connectivity index (χ3n) is 2.64. The van der Waals surface area contributed by atoms with Crippen LogP contribution in [0.1, 0.15) is 6.92 Å². The van der Waals surface area contributed by atoms with Crippen LogP contribution in [0.4, 0.5) is 10.1 Å².